The highest BCUT2D eigenvalue weighted by atomic mass is 16.3. The molecule has 0 aliphatic heterocycles. The van der Waals surface area contributed by atoms with Crippen LogP contribution in [0.1, 0.15) is 46.0 Å². The van der Waals surface area contributed by atoms with Crippen LogP contribution in [0.25, 0.3) is 0 Å². The molecule has 0 aromatic heterocycles. The minimum absolute atomic E-state index is 0.00245. The van der Waals surface area contributed by atoms with Crippen LogP contribution in [-0.2, 0) is 4.79 Å². The van der Waals surface area contributed by atoms with Crippen LogP contribution in [0.15, 0.2) is 0 Å². The lowest BCUT2D eigenvalue weighted by Crippen LogP contribution is -2.46. The van der Waals surface area contributed by atoms with E-state index in [2.05, 4.69) is 19.2 Å². The van der Waals surface area contributed by atoms with E-state index in [0.29, 0.717) is 0 Å². The molecule has 3 unspecified atom stereocenters. The smallest absolute Gasteiger partial charge is 0.223 e. The first kappa shape index (κ1) is 10.9. The van der Waals surface area contributed by atoms with Crippen LogP contribution in [-0.4, -0.2) is 23.2 Å². The average Bonchev–Trinajstić information content (AvgIpc) is 2.79. The van der Waals surface area contributed by atoms with Crippen molar-refractivity contribution < 1.29 is 9.90 Å². The summed E-state index contributed by atoms with van der Waals surface area (Å²) in [6.07, 6.45) is 4.63. The summed E-state index contributed by atoms with van der Waals surface area (Å²) in [7, 11) is 0. The molecule has 1 amide bonds. The Morgan fingerprint density at radius 3 is 2.47 bits per heavy atom. The lowest BCUT2D eigenvalue weighted by atomic mass is 9.92. The van der Waals surface area contributed by atoms with E-state index in [4.69, 9.17) is 0 Å². The molecule has 2 rings (SSSR count). The predicted octanol–water partition coefficient (Wildman–Crippen LogP) is 1.45. The molecule has 3 atom stereocenters. The Balaban J connectivity index is 1.83. The summed E-state index contributed by atoms with van der Waals surface area (Å²) in [5.41, 5.74) is 0.184. The summed E-state index contributed by atoms with van der Waals surface area (Å²) in [5, 5.41) is 12.7. The lowest BCUT2D eigenvalue weighted by Gasteiger charge is -2.28. The third kappa shape index (κ3) is 2.33. The molecule has 2 aliphatic rings. The fourth-order valence-corrected chi connectivity index (χ4v) is 2.48. The van der Waals surface area contributed by atoms with Gasteiger partial charge in [-0.15, -0.1) is 0 Å². The Kier molecular flexibility index (Phi) is 2.75. The minimum atomic E-state index is -0.329. The van der Waals surface area contributed by atoms with Crippen molar-refractivity contribution in [1.82, 2.24) is 5.32 Å². The van der Waals surface area contributed by atoms with Gasteiger partial charge in [0, 0.05) is 5.92 Å². The summed E-state index contributed by atoms with van der Waals surface area (Å²) in [4.78, 5) is 11.8. The highest BCUT2D eigenvalue weighted by Crippen LogP contribution is 2.51. The van der Waals surface area contributed by atoms with E-state index in [9.17, 15) is 9.90 Å². The molecule has 86 valence electrons. The van der Waals surface area contributed by atoms with Crippen molar-refractivity contribution in [3.05, 3.63) is 0 Å². The summed E-state index contributed by atoms with van der Waals surface area (Å²) >= 11 is 0. The summed E-state index contributed by atoms with van der Waals surface area (Å²) in [6.45, 7) is 4.24. The van der Waals surface area contributed by atoms with Gasteiger partial charge in [-0.2, -0.15) is 0 Å². The first-order valence-electron chi connectivity index (χ1n) is 5.99. The fourth-order valence-electron chi connectivity index (χ4n) is 2.48. The summed E-state index contributed by atoms with van der Waals surface area (Å²) in [6, 6.07) is 0.00245. The monoisotopic (exact) mass is 211 g/mol. The maximum atomic E-state index is 11.8. The first-order chi connectivity index (χ1) is 7.00. The molecule has 15 heavy (non-hydrogen) atoms. The molecule has 2 fully saturated rings. The quantitative estimate of drug-likeness (QED) is 0.726. The maximum Gasteiger partial charge on any atom is 0.223 e. The van der Waals surface area contributed by atoms with Gasteiger partial charge in [0.05, 0.1) is 12.1 Å². The normalized spacial score (nSPS) is 38.5. The largest absolute Gasteiger partial charge is 0.391 e. The molecular formula is C12H21NO2. The zero-order valence-electron chi connectivity index (χ0n) is 9.62. The van der Waals surface area contributed by atoms with Crippen molar-refractivity contribution in [2.75, 3.05) is 0 Å². The molecule has 2 aliphatic carbocycles. The van der Waals surface area contributed by atoms with E-state index >= 15 is 0 Å². The predicted molar refractivity (Wildman–Crippen MR) is 58.3 cm³/mol. The van der Waals surface area contributed by atoms with Crippen molar-refractivity contribution in [2.45, 2.75) is 58.1 Å². The molecule has 0 saturated heterocycles. The number of carbonyl (C=O) groups excluding carboxylic acids is 1. The molecule has 2 saturated carbocycles. The molecular weight excluding hydrogens is 190 g/mol. The standard InChI is InChI=1S/C12H21NO2/c1-12(2)7-8(12)11(15)13-9-5-3-4-6-10(9)14/h8-10,14H,3-7H2,1-2H3,(H,13,15). The molecule has 0 aromatic carbocycles. The van der Waals surface area contributed by atoms with Gasteiger partial charge in [-0.05, 0) is 24.7 Å². The van der Waals surface area contributed by atoms with Crippen molar-refractivity contribution >= 4 is 5.91 Å². The Morgan fingerprint density at radius 2 is 1.93 bits per heavy atom. The van der Waals surface area contributed by atoms with E-state index in [-0.39, 0.29) is 29.4 Å². The molecule has 3 heteroatoms. The summed E-state index contributed by atoms with van der Waals surface area (Å²) < 4.78 is 0. The Bertz CT molecular complexity index is 262. The number of aliphatic hydroxyl groups excluding tert-OH is 1. The Morgan fingerprint density at radius 1 is 1.33 bits per heavy atom. The van der Waals surface area contributed by atoms with Gasteiger partial charge in [-0.25, -0.2) is 0 Å². The molecule has 3 nitrogen and oxygen atoms in total. The molecule has 0 heterocycles. The van der Waals surface area contributed by atoms with Gasteiger partial charge >= 0.3 is 0 Å². The highest BCUT2D eigenvalue weighted by Gasteiger charge is 2.51. The first-order valence-corrected chi connectivity index (χ1v) is 5.99. The van der Waals surface area contributed by atoms with Crippen LogP contribution < -0.4 is 5.32 Å². The molecule has 0 aromatic rings. The van der Waals surface area contributed by atoms with Gasteiger partial charge < -0.3 is 10.4 Å². The van der Waals surface area contributed by atoms with E-state index < -0.39 is 0 Å². The van der Waals surface area contributed by atoms with Gasteiger partial charge in [0.25, 0.3) is 0 Å². The van der Waals surface area contributed by atoms with Gasteiger partial charge in [-0.3, -0.25) is 4.79 Å². The van der Waals surface area contributed by atoms with E-state index in [1.165, 1.54) is 0 Å². The van der Waals surface area contributed by atoms with E-state index in [0.717, 1.165) is 32.1 Å². The molecule has 2 N–H and O–H groups in total. The Labute approximate surface area is 91.2 Å². The number of rotatable bonds is 2. The number of hydrogen-bond donors (Lipinski definition) is 2. The van der Waals surface area contributed by atoms with Crippen molar-refractivity contribution in [3.8, 4) is 0 Å². The second kappa shape index (κ2) is 3.78. The number of nitrogens with one attached hydrogen (secondary N) is 1. The van der Waals surface area contributed by atoms with Crippen LogP contribution >= 0.6 is 0 Å². The Hall–Kier alpha value is -0.570. The number of hydrogen-bond acceptors (Lipinski definition) is 2. The van der Waals surface area contributed by atoms with Crippen LogP contribution in [0.4, 0.5) is 0 Å². The van der Waals surface area contributed by atoms with Crippen LogP contribution in [0.3, 0.4) is 0 Å². The SMILES string of the molecule is CC1(C)CC1C(=O)NC1CCCCC1O. The van der Waals surface area contributed by atoms with Crippen molar-refractivity contribution in [3.63, 3.8) is 0 Å². The van der Waals surface area contributed by atoms with Crippen molar-refractivity contribution in [2.24, 2.45) is 11.3 Å². The average molecular weight is 211 g/mol. The second-order valence-corrected chi connectivity index (χ2v) is 5.71. The topological polar surface area (TPSA) is 49.3 Å². The molecule has 0 radical (unpaired) electrons. The zero-order chi connectivity index (χ0) is 11.1. The van der Waals surface area contributed by atoms with Crippen molar-refractivity contribution in [1.29, 1.82) is 0 Å². The number of carbonyl (C=O) groups is 1. The van der Waals surface area contributed by atoms with E-state index in [1.807, 2.05) is 0 Å². The van der Waals surface area contributed by atoms with Gasteiger partial charge in [-0.1, -0.05) is 26.7 Å². The van der Waals surface area contributed by atoms with Crippen LogP contribution in [0.2, 0.25) is 0 Å². The number of aliphatic hydroxyl groups is 1. The highest BCUT2D eigenvalue weighted by molar-refractivity contribution is 5.82. The molecule has 0 spiro atoms. The fraction of sp³-hybridized carbons (Fsp3) is 0.917. The molecule has 0 bridgehead atoms. The number of amides is 1. The minimum Gasteiger partial charge on any atom is -0.391 e. The van der Waals surface area contributed by atoms with Gasteiger partial charge in [0.2, 0.25) is 5.91 Å². The maximum absolute atomic E-state index is 11.8. The van der Waals surface area contributed by atoms with Gasteiger partial charge in [0.15, 0.2) is 0 Å². The van der Waals surface area contributed by atoms with Crippen LogP contribution in [0.5, 0.6) is 0 Å². The van der Waals surface area contributed by atoms with E-state index in [1.54, 1.807) is 0 Å². The third-order valence-electron chi connectivity index (χ3n) is 3.89. The third-order valence-corrected chi connectivity index (χ3v) is 3.89. The van der Waals surface area contributed by atoms with Gasteiger partial charge in [0.1, 0.15) is 0 Å². The lowest BCUT2D eigenvalue weighted by molar-refractivity contribution is -0.124. The van der Waals surface area contributed by atoms with Crippen LogP contribution in [0, 0.1) is 11.3 Å². The zero-order valence-corrected chi connectivity index (χ0v) is 9.62. The summed E-state index contributed by atoms with van der Waals surface area (Å²) in [5.74, 6) is 0.317. The second-order valence-electron chi connectivity index (χ2n) is 5.71.